The number of benzene rings is 2. The van der Waals surface area contributed by atoms with Gasteiger partial charge in [-0.05, 0) is 19.1 Å². The lowest BCUT2D eigenvalue weighted by atomic mass is 10.1. The zero-order chi connectivity index (χ0) is 15.9. The Kier molecular flexibility index (Phi) is 3.31. The third-order valence-corrected chi connectivity index (χ3v) is 3.55. The normalized spacial score (nSPS) is 12.0. The molecule has 1 aromatic heterocycles. The highest BCUT2D eigenvalue weighted by atomic mass is 19.4. The van der Waals surface area contributed by atoms with Gasteiger partial charge in [0, 0.05) is 12.1 Å². The molecule has 0 aliphatic carbocycles. The molecule has 1 heterocycles. The van der Waals surface area contributed by atoms with E-state index in [2.05, 4.69) is 4.98 Å². The van der Waals surface area contributed by atoms with E-state index in [9.17, 15) is 13.2 Å². The maximum absolute atomic E-state index is 12.9. The second kappa shape index (κ2) is 5.05. The van der Waals surface area contributed by atoms with Crippen LogP contribution in [0.2, 0.25) is 0 Å². The fraction of sp³-hybridized carbons (Fsp3) is 0.188. The van der Waals surface area contributed by atoms with E-state index in [1.165, 1.54) is 0 Å². The number of nitrogens with zero attached hydrogens (tertiary/aromatic N) is 2. The number of rotatable bonds is 2. The first-order chi connectivity index (χ1) is 10.4. The summed E-state index contributed by atoms with van der Waals surface area (Å²) in [7, 11) is 0. The van der Waals surface area contributed by atoms with Crippen LogP contribution in [0.25, 0.3) is 22.4 Å². The van der Waals surface area contributed by atoms with E-state index in [0.717, 1.165) is 17.7 Å². The minimum atomic E-state index is -4.44. The molecule has 0 spiro atoms. The Morgan fingerprint density at radius 3 is 2.41 bits per heavy atom. The lowest BCUT2D eigenvalue weighted by Crippen LogP contribution is -2.06. The van der Waals surface area contributed by atoms with E-state index in [1.807, 2.05) is 41.8 Å². The third kappa shape index (κ3) is 2.30. The molecule has 0 bridgehead atoms. The number of nitrogens with two attached hydrogens (primary N) is 1. The summed E-state index contributed by atoms with van der Waals surface area (Å²) in [5, 5.41) is 0. The summed E-state index contributed by atoms with van der Waals surface area (Å²) in [6.45, 7) is 2.47. The number of hydrogen-bond acceptors (Lipinski definition) is 2. The first-order valence-electron chi connectivity index (χ1n) is 6.84. The van der Waals surface area contributed by atoms with Crippen LogP contribution in [0.3, 0.4) is 0 Å². The Bertz CT molecular complexity index is 820. The zero-order valence-electron chi connectivity index (χ0n) is 11.9. The highest BCUT2D eigenvalue weighted by Crippen LogP contribution is 2.36. The number of aryl methyl sites for hydroxylation is 1. The van der Waals surface area contributed by atoms with Crippen molar-refractivity contribution in [3.05, 3.63) is 48.0 Å². The van der Waals surface area contributed by atoms with Crippen LogP contribution in [0, 0.1) is 0 Å². The van der Waals surface area contributed by atoms with E-state index >= 15 is 0 Å². The molecule has 0 atom stereocenters. The lowest BCUT2D eigenvalue weighted by molar-refractivity contribution is -0.137. The number of hydrogen-bond donors (Lipinski definition) is 1. The molecule has 3 aromatic rings. The molecule has 0 aliphatic heterocycles. The Morgan fingerprint density at radius 2 is 1.82 bits per heavy atom. The first-order valence-corrected chi connectivity index (χ1v) is 6.84. The van der Waals surface area contributed by atoms with Crippen molar-refractivity contribution in [3.8, 4) is 11.4 Å². The van der Waals surface area contributed by atoms with Gasteiger partial charge in [-0.25, -0.2) is 4.98 Å². The highest BCUT2D eigenvalue weighted by molar-refractivity contribution is 5.91. The number of alkyl halides is 3. The summed E-state index contributed by atoms with van der Waals surface area (Å²) < 4.78 is 40.6. The predicted octanol–water partition coefficient (Wildman–Crippen LogP) is 4.32. The zero-order valence-corrected chi connectivity index (χ0v) is 11.9. The van der Waals surface area contributed by atoms with Gasteiger partial charge in [0.05, 0.1) is 22.3 Å². The number of fused-ring (bicyclic) bond motifs is 1. The molecule has 114 valence electrons. The average Bonchev–Trinajstić information content (AvgIpc) is 2.86. The Labute approximate surface area is 125 Å². The maximum atomic E-state index is 12.9. The van der Waals surface area contributed by atoms with Crippen LogP contribution in [0.15, 0.2) is 42.5 Å². The predicted molar refractivity (Wildman–Crippen MR) is 80.3 cm³/mol. The maximum Gasteiger partial charge on any atom is 0.416 e. The molecule has 6 heteroatoms. The monoisotopic (exact) mass is 305 g/mol. The molecular formula is C16H14F3N3. The minimum absolute atomic E-state index is 0.0846. The van der Waals surface area contributed by atoms with E-state index in [1.54, 1.807) is 0 Å². The fourth-order valence-electron chi connectivity index (χ4n) is 2.58. The average molecular weight is 305 g/mol. The quantitative estimate of drug-likeness (QED) is 0.716. The van der Waals surface area contributed by atoms with Crippen molar-refractivity contribution in [1.82, 2.24) is 9.55 Å². The van der Waals surface area contributed by atoms with Gasteiger partial charge in [0.25, 0.3) is 0 Å². The Hall–Kier alpha value is -2.50. The van der Waals surface area contributed by atoms with Crippen molar-refractivity contribution in [2.24, 2.45) is 0 Å². The summed E-state index contributed by atoms with van der Waals surface area (Å²) in [5.41, 5.74) is 6.80. The van der Waals surface area contributed by atoms with E-state index in [-0.39, 0.29) is 11.2 Å². The van der Waals surface area contributed by atoms with Gasteiger partial charge >= 0.3 is 6.18 Å². The molecule has 0 amide bonds. The van der Waals surface area contributed by atoms with Gasteiger partial charge in [-0.1, -0.05) is 30.3 Å². The van der Waals surface area contributed by atoms with Gasteiger partial charge in [-0.3, -0.25) is 0 Å². The summed E-state index contributed by atoms with van der Waals surface area (Å²) in [6, 6.07) is 11.3. The smallest absolute Gasteiger partial charge is 0.397 e. The largest absolute Gasteiger partial charge is 0.416 e. The topological polar surface area (TPSA) is 43.8 Å². The molecule has 3 rings (SSSR count). The van der Waals surface area contributed by atoms with Gasteiger partial charge in [0.1, 0.15) is 5.82 Å². The molecule has 0 aliphatic rings. The van der Waals surface area contributed by atoms with Crippen LogP contribution < -0.4 is 5.73 Å². The van der Waals surface area contributed by atoms with Crippen LogP contribution >= 0.6 is 0 Å². The van der Waals surface area contributed by atoms with Gasteiger partial charge in [0.2, 0.25) is 0 Å². The van der Waals surface area contributed by atoms with Crippen molar-refractivity contribution in [1.29, 1.82) is 0 Å². The highest BCUT2D eigenvalue weighted by Gasteiger charge is 2.32. The Morgan fingerprint density at radius 1 is 1.14 bits per heavy atom. The summed E-state index contributed by atoms with van der Waals surface area (Å²) in [6.07, 6.45) is -4.44. The van der Waals surface area contributed by atoms with Crippen molar-refractivity contribution in [2.45, 2.75) is 19.6 Å². The number of halogens is 3. The summed E-state index contributed by atoms with van der Waals surface area (Å²) in [5.74, 6) is 0.615. The van der Waals surface area contributed by atoms with E-state index in [4.69, 9.17) is 5.73 Å². The van der Waals surface area contributed by atoms with Crippen LogP contribution in [0.1, 0.15) is 12.5 Å². The van der Waals surface area contributed by atoms with E-state index < -0.39 is 11.7 Å². The van der Waals surface area contributed by atoms with E-state index in [0.29, 0.717) is 17.9 Å². The van der Waals surface area contributed by atoms with Gasteiger partial charge < -0.3 is 10.3 Å². The standard InChI is InChI=1S/C16H14F3N3/c1-2-22-14-12(20)8-11(16(17,18)19)9-13(14)21-15(22)10-6-4-3-5-7-10/h3-9H,2,20H2,1H3. The van der Waals surface area contributed by atoms with Crippen LogP contribution in [-0.2, 0) is 12.7 Å². The minimum Gasteiger partial charge on any atom is -0.397 e. The van der Waals surface area contributed by atoms with Gasteiger partial charge in [-0.15, -0.1) is 0 Å². The molecule has 0 fully saturated rings. The van der Waals surface area contributed by atoms with Gasteiger partial charge in [-0.2, -0.15) is 13.2 Å². The van der Waals surface area contributed by atoms with Crippen molar-refractivity contribution >= 4 is 16.7 Å². The number of anilines is 1. The molecule has 0 saturated heterocycles. The van der Waals surface area contributed by atoms with Crippen molar-refractivity contribution in [3.63, 3.8) is 0 Å². The fourth-order valence-corrected chi connectivity index (χ4v) is 2.58. The molecule has 0 saturated carbocycles. The number of aromatic nitrogens is 2. The molecular weight excluding hydrogens is 291 g/mol. The van der Waals surface area contributed by atoms with Crippen LogP contribution in [-0.4, -0.2) is 9.55 Å². The third-order valence-electron chi connectivity index (χ3n) is 3.55. The van der Waals surface area contributed by atoms with Crippen LogP contribution in [0.4, 0.5) is 18.9 Å². The lowest BCUT2D eigenvalue weighted by Gasteiger charge is -2.10. The molecule has 2 N–H and O–H groups in total. The number of nitrogen functional groups attached to an aromatic ring is 1. The molecule has 3 nitrogen and oxygen atoms in total. The molecule has 22 heavy (non-hydrogen) atoms. The van der Waals surface area contributed by atoms with Crippen molar-refractivity contribution < 1.29 is 13.2 Å². The van der Waals surface area contributed by atoms with Crippen molar-refractivity contribution in [2.75, 3.05) is 5.73 Å². The summed E-state index contributed by atoms with van der Waals surface area (Å²) in [4.78, 5) is 4.37. The molecule has 2 aromatic carbocycles. The second-order valence-electron chi connectivity index (χ2n) is 4.98. The Balaban J connectivity index is 2.30. The second-order valence-corrected chi connectivity index (χ2v) is 4.98. The van der Waals surface area contributed by atoms with Crippen LogP contribution in [0.5, 0.6) is 0 Å². The number of imidazole rings is 1. The molecule has 0 unspecified atom stereocenters. The SMILES string of the molecule is CCn1c(-c2ccccc2)nc2cc(C(F)(F)F)cc(N)c21. The van der Waals surface area contributed by atoms with Gasteiger partial charge in [0.15, 0.2) is 0 Å². The first kappa shape index (κ1) is 14.4. The molecule has 0 radical (unpaired) electrons. The summed E-state index contributed by atoms with van der Waals surface area (Å²) >= 11 is 0.